The first-order chi connectivity index (χ1) is 12.5. The van der Waals surface area contributed by atoms with Crippen LogP contribution in [0, 0.1) is 5.41 Å². The number of anilines is 1. The Morgan fingerprint density at radius 1 is 1.21 bits per heavy atom. The summed E-state index contributed by atoms with van der Waals surface area (Å²) in [5.41, 5.74) is 4.93. The maximum Gasteiger partial charge on any atom is 0.416 e. The van der Waals surface area contributed by atoms with Gasteiger partial charge in [0.25, 0.3) is 5.91 Å². The standard InChI is InChI=1S/C19H24F3N3O2.ClH/c1-18(2)11-24(7-5-15(18)23)17(27)12-8-13(19(20,21)22)10-14(9-12)25-6-3-4-16(25)26;/h8-10,15H,3-7,11,23H2,1-2H3;1H. The summed E-state index contributed by atoms with van der Waals surface area (Å²) in [5.74, 6) is -0.688. The lowest BCUT2D eigenvalue weighted by Crippen LogP contribution is -2.54. The first-order valence-corrected chi connectivity index (χ1v) is 9.06. The van der Waals surface area contributed by atoms with Gasteiger partial charge in [0.15, 0.2) is 0 Å². The smallest absolute Gasteiger partial charge is 0.338 e. The molecule has 1 unspecified atom stereocenters. The van der Waals surface area contributed by atoms with Crippen LogP contribution in [0.25, 0.3) is 0 Å². The molecule has 0 bridgehead atoms. The van der Waals surface area contributed by atoms with E-state index in [1.54, 1.807) is 4.90 Å². The second-order valence-corrected chi connectivity index (χ2v) is 8.03. The minimum absolute atomic E-state index is 0. The Balaban J connectivity index is 0.00000280. The molecule has 0 aromatic heterocycles. The van der Waals surface area contributed by atoms with Crippen molar-refractivity contribution in [3.8, 4) is 0 Å². The Kier molecular flexibility index (Phi) is 6.35. The number of alkyl halides is 3. The maximum atomic E-state index is 13.4. The molecule has 0 radical (unpaired) electrons. The Morgan fingerprint density at radius 3 is 2.43 bits per heavy atom. The van der Waals surface area contributed by atoms with Crippen molar-refractivity contribution in [3.63, 3.8) is 0 Å². The topological polar surface area (TPSA) is 66.6 Å². The van der Waals surface area contributed by atoms with Crippen molar-refractivity contribution < 1.29 is 22.8 Å². The van der Waals surface area contributed by atoms with Crippen LogP contribution in [-0.4, -0.2) is 42.4 Å². The van der Waals surface area contributed by atoms with Gasteiger partial charge in [-0.1, -0.05) is 13.8 Å². The predicted molar refractivity (Wildman–Crippen MR) is 103 cm³/mol. The Labute approximate surface area is 168 Å². The van der Waals surface area contributed by atoms with Gasteiger partial charge in [0.05, 0.1) is 5.56 Å². The summed E-state index contributed by atoms with van der Waals surface area (Å²) in [4.78, 5) is 27.8. The highest BCUT2D eigenvalue weighted by Gasteiger charge is 2.37. The van der Waals surface area contributed by atoms with E-state index in [0.29, 0.717) is 38.9 Å². The second kappa shape index (κ2) is 7.91. The Morgan fingerprint density at radius 2 is 1.89 bits per heavy atom. The molecular formula is C19H25ClF3N3O2. The molecule has 9 heteroatoms. The van der Waals surface area contributed by atoms with Gasteiger partial charge < -0.3 is 15.5 Å². The number of hydrogen-bond acceptors (Lipinski definition) is 3. The molecule has 3 rings (SSSR count). The average Bonchev–Trinajstić information content (AvgIpc) is 3.01. The van der Waals surface area contributed by atoms with Gasteiger partial charge >= 0.3 is 6.18 Å². The van der Waals surface area contributed by atoms with E-state index in [1.165, 1.54) is 11.0 Å². The van der Waals surface area contributed by atoms with Crippen LogP contribution in [0.2, 0.25) is 0 Å². The summed E-state index contributed by atoms with van der Waals surface area (Å²) in [7, 11) is 0. The van der Waals surface area contributed by atoms with Crippen molar-refractivity contribution in [3.05, 3.63) is 29.3 Å². The van der Waals surface area contributed by atoms with Crippen LogP contribution in [0.4, 0.5) is 18.9 Å². The Bertz CT molecular complexity index is 767. The highest BCUT2D eigenvalue weighted by atomic mass is 35.5. The van der Waals surface area contributed by atoms with E-state index >= 15 is 0 Å². The highest BCUT2D eigenvalue weighted by Crippen LogP contribution is 2.35. The lowest BCUT2D eigenvalue weighted by Gasteiger charge is -2.42. The molecule has 2 amide bonds. The van der Waals surface area contributed by atoms with Crippen molar-refractivity contribution in [1.82, 2.24) is 4.90 Å². The van der Waals surface area contributed by atoms with Crippen molar-refractivity contribution in [2.45, 2.75) is 45.3 Å². The Hall–Kier alpha value is -1.80. The molecule has 2 aliphatic heterocycles. The van der Waals surface area contributed by atoms with Crippen LogP contribution < -0.4 is 10.6 Å². The average molecular weight is 420 g/mol. The van der Waals surface area contributed by atoms with Crippen molar-refractivity contribution >= 4 is 29.9 Å². The molecule has 28 heavy (non-hydrogen) atoms. The minimum Gasteiger partial charge on any atom is -0.338 e. The number of carbonyl (C=O) groups is 2. The largest absolute Gasteiger partial charge is 0.416 e. The first-order valence-electron chi connectivity index (χ1n) is 9.06. The van der Waals surface area contributed by atoms with Crippen LogP contribution >= 0.6 is 12.4 Å². The fourth-order valence-electron chi connectivity index (χ4n) is 3.71. The van der Waals surface area contributed by atoms with Crippen LogP contribution in [0.3, 0.4) is 0 Å². The third-order valence-electron chi connectivity index (χ3n) is 5.48. The summed E-state index contributed by atoms with van der Waals surface area (Å²) in [6.45, 7) is 5.02. The van der Waals surface area contributed by atoms with E-state index < -0.39 is 17.6 Å². The van der Waals surface area contributed by atoms with Crippen molar-refractivity contribution in [2.75, 3.05) is 24.5 Å². The molecule has 0 saturated carbocycles. The summed E-state index contributed by atoms with van der Waals surface area (Å²) >= 11 is 0. The summed E-state index contributed by atoms with van der Waals surface area (Å²) in [6.07, 6.45) is -3.11. The number of amides is 2. The van der Waals surface area contributed by atoms with Gasteiger partial charge in [-0.05, 0) is 36.5 Å². The van der Waals surface area contributed by atoms with Crippen LogP contribution in [0.5, 0.6) is 0 Å². The highest BCUT2D eigenvalue weighted by molar-refractivity contribution is 5.99. The van der Waals surface area contributed by atoms with Crippen molar-refractivity contribution in [2.24, 2.45) is 11.1 Å². The van der Waals surface area contributed by atoms with E-state index in [2.05, 4.69) is 0 Å². The van der Waals surface area contributed by atoms with Crippen LogP contribution in [0.1, 0.15) is 49.0 Å². The quantitative estimate of drug-likeness (QED) is 0.798. The maximum absolute atomic E-state index is 13.4. The van der Waals surface area contributed by atoms with Gasteiger partial charge in [0, 0.05) is 43.3 Å². The number of nitrogens with zero attached hydrogens (tertiary/aromatic N) is 2. The van der Waals surface area contributed by atoms with Crippen molar-refractivity contribution in [1.29, 1.82) is 0 Å². The number of likely N-dealkylation sites (tertiary alicyclic amines) is 1. The first kappa shape index (κ1) is 22.5. The molecule has 0 aliphatic carbocycles. The van der Waals surface area contributed by atoms with E-state index in [-0.39, 0.29) is 41.0 Å². The second-order valence-electron chi connectivity index (χ2n) is 8.03. The van der Waals surface area contributed by atoms with Gasteiger partial charge in [-0.2, -0.15) is 13.2 Å². The number of halogens is 4. The third-order valence-corrected chi connectivity index (χ3v) is 5.48. The molecule has 0 spiro atoms. The monoisotopic (exact) mass is 419 g/mol. The van der Waals surface area contributed by atoms with Gasteiger partial charge in [-0.15, -0.1) is 12.4 Å². The fourth-order valence-corrected chi connectivity index (χ4v) is 3.71. The molecule has 2 saturated heterocycles. The van der Waals surface area contributed by atoms with Gasteiger partial charge in [-0.3, -0.25) is 9.59 Å². The van der Waals surface area contributed by atoms with Crippen LogP contribution in [-0.2, 0) is 11.0 Å². The predicted octanol–water partition coefficient (Wildman–Crippen LogP) is 3.45. The zero-order valence-corrected chi connectivity index (χ0v) is 16.7. The number of rotatable bonds is 2. The zero-order chi connectivity index (χ0) is 20.0. The SMILES string of the molecule is CC1(C)CN(C(=O)c2cc(N3CCCC3=O)cc(C(F)(F)F)c2)CCC1N.Cl. The third kappa shape index (κ3) is 4.43. The molecule has 1 aromatic carbocycles. The number of benzene rings is 1. The molecule has 2 heterocycles. The molecule has 5 nitrogen and oxygen atoms in total. The molecule has 2 N–H and O–H groups in total. The molecule has 2 aliphatic rings. The van der Waals surface area contributed by atoms with E-state index in [0.717, 1.165) is 12.1 Å². The molecular weight excluding hydrogens is 395 g/mol. The summed E-state index contributed by atoms with van der Waals surface area (Å²) in [5, 5.41) is 0. The fraction of sp³-hybridized carbons (Fsp3) is 0.579. The van der Waals surface area contributed by atoms with Crippen LogP contribution in [0.15, 0.2) is 18.2 Å². The molecule has 1 atom stereocenters. The summed E-state index contributed by atoms with van der Waals surface area (Å²) in [6, 6.07) is 3.13. The summed E-state index contributed by atoms with van der Waals surface area (Å²) < 4.78 is 40.1. The molecule has 1 aromatic rings. The zero-order valence-electron chi connectivity index (χ0n) is 15.9. The van der Waals surface area contributed by atoms with E-state index in [9.17, 15) is 22.8 Å². The normalized spacial score (nSPS) is 22.2. The van der Waals surface area contributed by atoms with Gasteiger partial charge in [0.2, 0.25) is 5.91 Å². The lowest BCUT2D eigenvalue weighted by atomic mass is 9.79. The minimum atomic E-state index is -4.60. The van der Waals surface area contributed by atoms with E-state index in [4.69, 9.17) is 5.73 Å². The number of carbonyl (C=O) groups excluding carboxylic acids is 2. The van der Waals surface area contributed by atoms with E-state index in [1.807, 2.05) is 13.8 Å². The number of hydrogen-bond donors (Lipinski definition) is 1. The number of piperidine rings is 1. The molecule has 2 fully saturated rings. The number of nitrogens with two attached hydrogens (primary N) is 1. The van der Waals surface area contributed by atoms with Gasteiger partial charge in [0.1, 0.15) is 0 Å². The van der Waals surface area contributed by atoms with Gasteiger partial charge in [-0.25, -0.2) is 0 Å². The molecule has 156 valence electrons. The lowest BCUT2D eigenvalue weighted by molar-refractivity contribution is -0.137.